The van der Waals surface area contributed by atoms with E-state index >= 15 is 0 Å². The Bertz CT molecular complexity index is 1090. The molecule has 0 saturated carbocycles. The fourth-order valence-electron chi connectivity index (χ4n) is 3.39. The number of fused-ring (bicyclic) bond motifs is 1. The zero-order chi connectivity index (χ0) is 23.1. The zero-order valence-corrected chi connectivity index (χ0v) is 19.6. The summed E-state index contributed by atoms with van der Waals surface area (Å²) in [6.45, 7) is 7.11. The van der Waals surface area contributed by atoms with E-state index in [0.29, 0.717) is 52.8 Å². The third-order valence-electron chi connectivity index (χ3n) is 5.22. The Hall–Kier alpha value is -3.15. The molecule has 0 aliphatic carbocycles. The molecule has 2 aromatic carbocycles. The van der Waals surface area contributed by atoms with E-state index in [1.807, 2.05) is 19.1 Å². The average molecular weight is 441 g/mol. The number of ether oxygens (including phenoxy) is 4. The van der Waals surface area contributed by atoms with Gasteiger partial charge < -0.3 is 23.4 Å². The maximum atomic E-state index is 13.3. The van der Waals surface area contributed by atoms with Crippen LogP contribution in [0.2, 0.25) is 0 Å². The van der Waals surface area contributed by atoms with Crippen molar-refractivity contribution in [3.63, 3.8) is 0 Å². The van der Waals surface area contributed by atoms with Crippen LogP contribution in [-0.2, 0) is 0 Å². The Morgan fingerprint density at radius 1 is 0.844 bits per heavy atom. The summed E-state index contributed by atoms with van der Waals surface area (Å²) in [5.74, 6) is 2.07. The minimum atomic E-state index is -0.196. The van der Waals surface area contributed by atoms with Gasteiger partial charge in [0.05, 0.1) is 32.8 Å². The van der Waals surface area contributed by atoms with Gasteiger partial charge in [0, 0.05) is 5.56 Å². The van der Waals surface area contributed by atoms with E-state index in [0.717, 1.165) is 31.2 Å². The molecule has 32 heavy (non-hydrogen) atoms. The normalized spacial score (nSPS) is 10.9. The van der Waals surface area contributed by atoms with E-state index < -0.39 is 0 Å². The quantitative estimate of drug-likeness (QED) is 0.334. The molecule has 0 bridgehead atoms. The van der Waals surface area contributed by atoms with E-state index in [2.05, 4.69) is 13.8 Å². The van der Waals surface area contributed by atoms with Crippen LogP contribution in [0.1, 0.15) is 45.1 Å². The second-order valence-electron chi connectivity index (χ2n) is 7.70. The molecular weight excluding hydrogens is 408 g/mol. The molecule has 3 rings (SSSR count). The van der Waals surface area contributed by atoms with E-state index in [9.17, 15) is 4.79 Å². The Morgan fingerprint density at radius 3 is 2.00 bits per heavy atom. The van der Waals surface area contributed by atoms with Crippen LogP contribution in [0.5, 0.6) is 23.0 Å². The van der Waals surface area contributed by atoms with Gasteiger partial charge >= 0.3 is 0 Å². The molecule has 0 fully saturated rings. The van der Waals surface area contributed by atoms with Gasteiger partial charge in [-0.3, -0.25) is 4.79 Å². The van der Waals surface area contributed by atoms with Crippen LogP contribution in [0.3, 0.4) is 0 Å². The number of methoxy groups -OCH3 is 2. The summed E-state index contributed by atoms with van der Waals surface area (Å²) in [5, 5.41) is 0.490. The molecule has 0 spiro atoms. The molecule has 0 aliphatic rings. The summed E-state index contributed by atoms with van der Waals surface area (Å²) in [6.07, 6.45) is 3.73. The van der Waals surface area contributed by atoms with Gasteiger partial charge in [-0.15, -0.1) is 0 Å². The van der Waals surface area contributed by atoms with Gasteiger partial charge in [-0.2, -0.15) is 0 Å². The number of unbranched alkanes of at least 4 members (excludes halogenated alkanes) is 2. The van der Waals surface area contributed by atoms with Crippen LogP contribution in [-0.4, -0.2) is 27.4 Å². The summed E-state index contributed by atoms with van der Waals surface area (Å²) in [6, 6.07) is 9.10. The predicted octanol–water partition coefficient (Wildman–Crippen LogP) is 6.14. The van der Waals surface area contributed by atoms with E-state index in [1.54, 1.807) is 32.4 Å². The van der Waals surface area contributed by atoms with Crippen LogP contribution in [0.4, 0.5) is 0 Å². The molecule has 172 valence electrons. The van der Waals surface area contributed by atoms with Crippen molar-refractivity contribution in [1.82, 2.24) is 0 Å². The van der Waals surface area contributed by atoms with Gasteiger partial charge in [0.25, 0.3) is 0 Å². The Morgan fingerprint density at radius 2 is 1.44 bits per heavy atom. The topological polar surface area (TPSA) is 67.1 Å². The Labute approximate surface area is 189 Å². The highest BCUT2D eigenvalue weighted by atomic mass is 16.5. The number of benzene rings is 2. The van der Waals surface area contributed by atoms with Crippen molar-refractivity contribution in [2.75, 3.05) is 27.4 Å². The van der Waals surface area contributed by atoms with Gasteiger partial charge in [-0.05, 0) is 49.6 Å². The van der Waals surface area contributed by atoms with Crippen molar-refractivity contribution >= 4 is 11.0 Å². The van der Waals surface area contributed by atoms with Crippen molar-refractivity contribution in [2.45, 2.75) is 46.5 Å². The fraction of sp³-hybridized carbons (Fsp3) is 0.423. The molecule has 0 unspecified atom stereocenters. The molecule has 6 heteroatoms. The van der Waals surface area contributed by atoms with Crippen molar-refractivity contribution < 1.29 is 23.4 Å². The Balaban J connectivity index is 2.20. The minimum absolute atomic E-state index is 0.193. The monoisotopic (exact) mass is 440 g/mol. The number of hydrogen-bond acceptors (Lipinski definition) is 6. The lowest BCUT2D eigenvalue weighted by atomic mass is 10.1. The van der Waals surface area contributed by atoms with Crippen molar-refractivity contribution in [3.8, 4) is 34.3 Å². The molecule has 1 heterocycles. The van der Waals surface area contributed by atoms with Gasteiger partial charge in [0.15, 0.2) is 17.3 Å². The van der Waals surface area contributed by atoms with Gasteiger partial charge in [-0.1, -0.05) is 32.8 Å². The predicted molar refractivity (Wildman–Crippen MR) is 127 cm³/mol. The molecule has 6 nitrogen and oxygen atoms in total. The molecule has 0 atom stereocenters. The SMILES string of the molecule is CCCCOc1c(OC)cc(-c2oc3cc(C)ccc3c(=O)c2OCCCC)cc1OC. The van der Waals surface area contributed by atoms with Crippen LogP contribution >= 0.6 is 0 Å². The van der Waals surface area contributed by atoms with E-state index in [4.69, 9.17) is 23.4 Å². The number of rotatable bonds is 11. The average Bonchev–Trinajstić information content (AvgIpc) is 2.80. The van der Waals surface area contributed by atoms with E-state index in [-0.39, 0.29) is 11.2 Å². The maximum Gasteiger partial charge on any atom is 0.235 e. The molecule has 0 radical (unpaired) electrons. The first-order valence-corrected chi connectivity index (χ1v) is 11.1. The third-order valence-corrected chi connectivity index (χ3v) is 5.22. The molecule has 0 N–H and O–H groups in total. The van der Waals surface area contributed by atoms with Gasteiger partial charge in [-0.25, -0.2) is 0 Å². The van der Waals surface area contributed by atoms with Crippen molar-refractivity contribution in [2.24, 2.45) is 0 Å². The summed E-state index contributed by atoms with van der Waals surface area (Å²) < 4.78 is 29.3. The summed E-state index contributed by atoms with van der Waals surface area (Å²) in [4.78, 5) is 13.3. The molecule has 0 amide bonds. The third kappa shape index (κ3) is 5.01. The first-order chi connectivity index (χ1) is 15.5. The van der Waals surface area contributed by atoms with E-state index in [1.165, 1.54) is 0 Å². The first kappa shape index (κ1) is 23.5. The molecule has 1 aromatic heterocycles. The smallest absolute Gasteiger partial charge is 0.235 e. The van der Waals surface area contributed by atoms with Gasteiger partial charge in [0.1, 0.15) is 5.58 Å². The summed E-state index contributed by atoms with van der Waals surface area (Å²) in [7, 11) is 3.15. The Kier molecular flexibility index (Phi) is 8.03. The van der Waals surface area contributed by atoms with Crippen LogP contribution in [0, 0.1) is 6.92 Å². The second-order valence-corrected chi connectivity index (χ2v) is 7.70. The summed E-state index contributed by atoms with van der Waals surface area (Å²) >= 11 is 0. The van der Waals surface area contributed by atoms with Crippen LogP contribution in [0.15, 0.2) is 39.5 Å². The molecule has 0 saturated heterocycles. The standard InChI is InChI=1S/C26H32O6/c1-6-8-12-30-25-21(28-4)15-18(16-22(25)29-5)24-26(31-13-9-7-2)23(27)19-11-10-17(3)14-20(19)32-24/h10-11,14-16H,6-9,12-13H2,1-5H3. The maximum absolute atomic E-state index is 13.3. The highest BCUT2D eigenvalue weighted by molar-refractivity contribution is 5.83. The number of aryl methyl sites for hydroxylation is 1. The lowest BCUT2D eigenvalue weighted by Gasteiger charge is -2.17. The van der Waals surface area contributed by atoms with Gasteiger partial charge in [0.2, 0.25) is 16.9 Å². The minimum Gasteiger partial charge on any atom is -0.493 e. The largest absolute Gasteiger partial charge is 0.493 e. The summed E-state index contributed by atoms with van der Waals surface area (Å²) in [5.41, 5.74) is 1.93. The lowest BCUT2D eigenvalue weighted by Crippen LogP contribution is -2.11. The molecule has 3 aromatic rings. The lowest BCUT2D eigenvalue weighted by molar-refractivity contribution is 0.270. The van der Waals surface area contributed by atoms with Crippen molar-refractivity contribution in [1.29, 1.82) is 0 Å². The zero-order valence-electron chi connectivity index (χ0n) is 19.6. The van der Waals surface area contributed by atoms with Crippen molar-refractivity contribution in [3.05, 3.63) is 46.1 Å². The first-order valence-electron chi connectivity index (χ1n) is 11.1. The molecule has 0 aliphatic heterocycles. The highest BCUT2D eigenvalue weighted by Gasteiger charge is 2.22. The fourth-order valence-corrected chi connectivity index (χ4v) is 3.39. The molecular formula is C26H32O6. The second kappa shape index (κ2) is 10.9. The van der Waals surface area contributed by atoms with Crippen LogP contribution < -0.4 is 24.4 Å². The van der Waals surface area contributed by atoms with Crippen LogP contribution in [0.25, 0.3) is 22.3 Å². The highest BCUT2D eigenvalue weighted by Crippen LogP contribution is 2.43. The number of hydrogen-bond donors (Lipinski definition) is 0.